The average Bonchev–Trinajstić information content (AvgIpc) is 2.53. The number of amides is 2. The SMILES string of the molecule is O=C(NCC1Oc2ccccc2NC1=O)c1ccccc1. The summed E-state index contributed by atoms with van der Waals surface area (Å²) >= 11 is 0. The van der Waals surface area contributed by atoms with E-state index in [1.165, 1.54) is 0 Å². The van der Waals surface area contributed by atoms with Crippen molar-refractivity contribution in [3.8, 4) is 5.75 Å². The Morgan fingerprint density at radius 3 is 2.62 bits per heavy atom. The van der Waals surface area contributed by atoms with Crippen molar-refractivity contribution in [3.05, 3.63) is 60.2 Å². The van der Waals surface area contributed by atoms with E-state index in [1.807, 2.05) is 18.2 Å². The fourth-order valence-corrected chi connectivity index (χ4v) is 2.10. The van der Waals surface area contributed by atoms with Gasteiger partial charge in [-0.25, -0.2) is 0 Å². The molecule has 0 saturated heterocycles. The zero-order valence-corrected chi connectivity index (χ0v) is 11.2. The Kier molecular flexibility index (Phi) is 3.55. The fourth-order valence-electron chi connectivity index (χ4n) is 2.10. The van der Waals surface area contributed by atoms with E-state index in [4.69, 9.17) is 4.74 Å². The lowest BCUT2D eigenvalue weighted by molar-refractivity contribution is -0.123. The minimum Gasteiger partial charge on any atom is -0.477 e. The van der Waals surface area contributed by atoms with E-state index < -0.39 is 6.10 Å². The third-order valence-corrected chi connectivity index (χ3v) is 3.19. The standard InChI is InChI=1S/C16H14N2O3/c19-15(11-6-2-1-3-7-11)17-10-14-16(20)18-12-8-4-5-9-13(12)21-14/h1-9,14H,10H2,(H,17,19)(H,18,20). The van der Waals surface area contributed by atoms with Crippen molar-refractivity contribution in [1.29, 1.82) is 0 Å². The number of rotatable bonds is 3. The molecule has 0 fully saturated rings. The van der Waals surface area contributed by atoms with Crippen LogP contribution in [0.2, 0.25) is 0 Å². The van der Waals surface area contributed by atoms with E-state index in [1.54, 1.807) is 36.4 Å². The highest BCUT2D eigenvalue weighted by molar-refractivity contribution is 5.99. The average molecular weight is 282 g/mol. The molecular weight excluding hydrogens is 268 g/mol. The van der Waals surface area contributed by atoms with Crippen LogP contribution in [0.25, 0.3) is 0 Å². The van der Waals surface area contributed by atoms with Crippen molar-refractivity contribution in [2.45, 2.75) is 6.10 Å². The van der Waals surface area contributed by atoms with Gasteiger partial charge in [0.25, 0.3) is 11.8 Å². The Balaban J connectivity index is 1.64. The molecule has 3 rings (SSSR count). The van der Waals surface area contributed by atoms with Gasteiger partial charge in [0, 0.05) is 5.56 Å². The molecule has 5 nitrogen and oxygen atoms in total. The zero-order chi connectivity index (χ0) is 14.7. The lowest BCUT2D eigenvalue weighted by Crippen LogP contribution is -2.45. The topological polar surface area (TPSA) is 67.4 Å². The summed E-state index contributed by atoms with van der Waals surface area (Å²) in [7, 11) is 0. The molecule has 21 heavy (non-hydrogen) atoms. The van der Waals surface area contributed by atoms with Gasteiger partial charge in [0.2, 0.25) is 0 Å². The van der Waals surface area contributed by atoms with E-state index in [2.05, 4.69) is 10.6 Å². The number of benzene rings is 2. The van der Waals surface area contributed by atoms with Crippen molar-refractivity contribution in [2.24, 2.45) is 0 Å². The van der Waals surface area contributed by atoms with Gasteiger partial charge in [-0.2, -0.15) is 0 Å². The summed E-state index contributed by atoms with van der Waals surface area (Å²) in [6.45, 7) is 0.119. The molecule has 0 aliphatic carbocycles. The largest absolute Gasteiger partial charge is 0.477 e. The number of hydrogen-bond donors (Lipinski definition) is 2. The Morgan fingerprint density at radius 1 is 1.10 bits per heavy atom. The smallest absolute Gasteiger partial charge is 0.267 e. The summed E-state index contributed by atoms with van der Waals surface area (Å²) in [5, 5.41) is 5.46. The van der Waals surface area contributed by atoms with Gasteiger partial charge in [0.05, 0.1) is 12.2 Å². The molecule has 106 valence electrons. The van der Waals surface area contributed by atoms with Gasteiger partial charge in [-0.3, -0.25) is 9.59 Å². The summed E-state index contributed by atoms with van der Waals surface area (Å²) in [6.07, 6.45) is -0.729. The molecule has 0 aromatic heterocycles. The highest BCUT2D eigenvalue weighted by Crippen LogP contribution is 2.28. The fraction of sp³-hybridized carbons (Fsp3) is 0.125. The number of carbonyl (C=O) groups is 2. The van der Waals surface area contributed by atoms with Gasteiger partial charge in [0.1, 0.15) is 5.75 Å². The minimum absolute atomic E-state index is 0.119. The first-order valence-corrected chi connectivity index (χ1v) is 6.64. The van der Waals surface area contributed by atoms with E-state index in [9.17, 15) is 9.59 Å². The first kappa shape index (κ1) is 13.2. The van der Waals surface area contributed by atoms with Crippen molar-refractivity contribution in [2.75, 3.05) is 11.9 Å². The molecule has 2 amide bonds. The molecule has 1 aliphatic heterocycles. The van der Waals surface area contributed by atoms with Crippen LogP contribution in [0.1, 0.15) is 10.4 Å². The van der Waals surface area contributed by atoms with Gasteiger partial charge in [-0.05, 0) is 24.3 Å². The number of fused-ring (bicyclic) bond motifs is 1. The van der Waals surface area contributed by atoms with Crippen LogP contribution in [0, 0.1) is 0 Å². The number of anilines is 1. The summed E-state index contributed by atoms with van der Waals surface area (Å²) in [4.78, 5) is 23.9. The maximum Gasteiger partial charge on any atom is 0.267 e. The second kappa shape index (κ2) is 5.66. The Bertz CT molecular complexity index is 670. The quantitative estimate of drug-likeness (QED) is 0.902. The number of nitrogens with one attached hydrogen (secondary N) is 2. The van der Waals surface area contributed by atoms with Gasteiger partial charge in [0.15, 0.2) is 6.10 Å². The van der Waals surface area contributed by atoms with Crippen LogP contribution in [-0.2, 0) is 4.79 Å². The lowest BCUT2D eigenvalue weighted by atomic mass is 10.2. The van der Waals surface area contributed by atoms with E-state index in [-0.39, 0.29) is 18.4 Å². The molecular formula is C16H14N2O3. The van der Waals surface area contributed by atoms with Crippen LogP contribution >= 0.6 is 0 Å². The zero-order valence-electron chi connectivity index (χ0n) is 11.2. The predicted molar refractivity (Wildman–Crippen MR) is 78.3 cm³/mol. The van der Waals surface area contributed by atoms with E-state index >= 15 is 0 Å². The minimum atomic E-state index is -0.729. The number of hydrogen-bond acceptors (Lipinski definition) is 3. The van der Waals surface area contributed by atoms with Crippen LogP contribution in [0.3, 0.4) is 0 Å². The summed E-state index contributed by atoms with van der Waals surface area (Å²) in [5.74, 6) is 0.115. The second-order valence-corrected chi connectivity index (χ2v) is 4.67. The molecule has 1 unspecified atom stereocenters. The Labute approximate surface area is 121 Å². The maximum absolute atomic E-state index is 11.9. The first-order valence-electron chi connectivity index (χ1n) is 6.64. The predicted octanol–water partition coefficient (Wildman–Crippen LogP) is 1.82. The molecule has 0 radical (unpaired) electrons. The number of para-hydroxylation sites is 2. The molecule has 0 spiro atoms. The number of ether oxygens (including phenoxy) is 1. The normalized spacial score (nSPS) is 16.4. The first-order chi connectivity index (χ1) is 10.2. The van der Waals surface area contributed by atoms with Crippen LogP contribution in [0.15, 0.2) is 54.6 Å². The van der Waals surface area contributed by atoms with Gasteiger partial charge in [-0.15, -0.1) is 0 Å². The van der Waals surface area contributed by atoms with Crippen molar-refractivity contribution in [1.82, 2.24) is 5.32 Å². The molecule has 2 aromatic rings. The maximum atomic E-state index is 11.9. The highest BCUT2D eigenvalue weighted by atomic mass is 16.5. The Hall–Kier alpha value is -2.82. The molecule has 1 aliphatic rings. The van der Waals surface area contributed by atoms with Crippen molar-refractivity contribution < 1.29 is 14.3 Å². The molecule has 2 aromatic carbocycles. The third kappa shape index (κ3) is 2.86. The van der Waals surface area contributed by atoms with Crippen LogP contribution in [0.5, 0.6) is 5.75 Å². The van der Waals surface area contributed by atoms with Crippen LogP contribution in [-0.4, -0.2) is 24.5 Å². The summed E-state index contributed by atoms with van der Waals surface area (Å²) in [6, 6.07) is 16.0. The molecule has 1 heterocycles. The number of carbonyl (C=O) groups excluding carboxylic acids is 2. The van der Waals surface area contributed by atoms with E-state index in [0.717, 1.165) is 0 Å². The third-order valence-electron chi connectivity index (χ3n) is 3.19. The highest BCUT2D eigenvalue weighted by Gasteiger charge is 2.27. The monoisotopic (exact) mass is 282 g/mol. The van der Waals surface area contributed by atoms with Crippen molar-refractivity contribution in [3.63, 3.8) is 0 Å². The van der Waals surface area contributed by atoms with Crippen LogP contribution < -0.4 is 15.4 Å². The molecule has 0 saturated carbocycles. The Morgan fingerprint density at radius 2 is 1.81 bits per heavy atom. The van der Waals surface area contributed by atoms with Crippen molar-refractivity contribution >= 4 is 17.5 Å². The molecule has 1 atom stereocenters. The van der Waals surface area contributed by atoms with Crippen LogP contribution in [0.4, 0.5) is 5.69 Å². The molecule has 2 N–H and O–H groups in total. The summed E-state index contributed by atoms with van der Waals surface area (Å²) < 4.78 is 5.60. The summed E-state index contributed by atoms with van der Waals surface area (Å²) in [5.41, 5.74) is 1.20. The van der Waals surface area contributed by atoms with Gasteiger partial charge >= 0.3 is 0 Å². The lowest BCUT2D eigenvalue weighted by Gasteiger charge is -2.25. The van der Waals surface area contributed by atoms with Gasteiger partial charge in [-0.1, -0.05) is 30.3 Å². The van der Waals surface area contributed by atoms with Gasteiger partial charge < -0.3 is 15.4 Å². The van der Waals surface area contributed by atoms with E-state index in [0.29, 0.717) is 17.0 Å². The second-order valence-electron chi connectivity index (χ2n) is 4.67. The molecule has 5 heteroatoms. The molecule has 0 bridgehead atoms.